The second-order valence-corrected chi connectivity index (χ2v) is 6.04. The van der Waals surface area contributed by atoms with Gasteiger partial charge in [0, 0.05) is 6.20 Å². The van der Waals surface area contributed by atoms with Crippen LogP contribution in [-0.4, -0.2) is 29.7 Å². The number of hydrogen-bond acceptors (Lipinski definition) is 3. The number of rotatable bonds is 5. The first-order valence-electron chi connectivity index (χ1n) is 7.32. The smallest absolute Gasteiger partial charge is 0.414 e. The van der Waals surface area contributed by atoms with E-state index < -0.39 is 5.60 Å². The Balaban J connectivity index is 2.73. The van der Waals surface area contributed by atoms with Gasteiger partial charge in [0.2, 0.25) is 0 Å². The summed E-state index contributed by atoms with van der Waals surface area (Å²) < 4.78 is 10.7. The maximum atomic E-state index is 12.2. The minimum atomic E-state index is -0.482. The molecule has 1 unspecified atom stereocenters. The molecule has 20 heavy (non-hydrogen) atoms. The van der Waals surface area contributed by atoms with E-state index in [4.69, 9.17) is 9.47 Å². The molecular formula is C16H27NO3. The average Bonchev–Trinajstić information content (AvgIpc) is 2.36. The molecule has 0 spiro atoms. The molecule has 0 saturated carbocycles. The number of amides is 1. The van der Waals surface area contributed by atoms with Gasteiger partial charge in [-0.05, 0) is 39.3 Å². The molecule has 4 nitrogen and oxygen atoms in total. The van der Waals surface area contributed by atoms with Gasteiger partial charge in [0.25, 0.3) is 0 Å². The average molecular weight is 281 g/mol. The first-order chi connectivity index (χ1) is 9.37. The highest BCUT2D eigenvalue weighted by Gasteiger charge is 2.27. The van der Waals surface area contributed by atoms with E-state index >= 15 is 0 Å². The van der Waals surface area contributed by atoms with Crippen LogP contribution in [0.5, 0.6) is 0 Å². The van der Waals surface area contributed by atoms with Crippen LogP contribution in [0, 0.1) is 0 Å². The first-order valence-corrected chi connectivity index (χ1v) is 7.32. The summed E-state index contributed by atoms with van der Waals surface area (Å²) in [6, 6.07) is 0.0105. The highest BCUT2D eigenvalue weighted by Crippen LogP contribution is 2.22. The fraction of sp³-hybridized carbons (Fsp3) is 0.688. The van der Waals surface area contributed by atoms with Crippen molar-refractivity contribution in [3.63, 3.8) is 0 Å². The molecule has 0 aliphatic carbocycles. The van der Waals surface area contributed by atoms with E-state index in [0.29, 0.717) is 0 Å². The Bertz CT molecular complexity index is 380. The standard InChI is InChI=1S/C16H27NO3/c1-6-7-8-9-13-12-14(19-5)10-11-17(13)15(18)20-16(2,3)4/h10-13H,6-9H2,1-5H3. The maximum absolute atomic E-state index is 12.2. The van der Waals surface area contributed by atoms with Gasteiger partial charge in [-0.3, -0.25) is 4.90 Å². The number of allylic oxidation sites excluding steroid dienone is 1. The van der Waals surface area contributed by atoms with Crippen molar-refractivity contribution in [2.24, 2.45) is 0 Å². The van der Waals surface area contributed by atoms with Crippen LogP contribution in [0.25, 0.3) is 0 Å². The minimum absolute atomic E-state index is 0.0105. The fourth-order valence-electron chi connectivity index (χ4n) is 2.06. The largest absolute Gasteiger partial charge is 0.497 e. The first kappa shape index (κ1) is 16.6. The van der Waals surface area contributed by atoms with Crippen LogP contribution in [0.3, 0.4) is 0 Å². The molecule has 0 aromatic carbocycles. The minimum Gasteiger partial charge on any atom is -0.497 e. The van der Waals surface area contributed by atoms with Gasteiger partial charge in [-0.15, -0.1) is 0 Å². The zero-order valence-corrected chi connectivity index (χ0v) is 13.3. The summed E-state index contributed by atoms with van der Waals surface area (Å²) in [6.07, 6.45) is 9.56. The second-order valence-electron chi connectivity index (χ2n) is 6.04. The van der Waals surface area contributed by atoms with Crippen molar-refractivity contribution < 1.29 is 14.3 Å². The van der Waals surface area contributed by atoms with Gasteiger partial charge in [0.1, 0.15) is 11.4 Å². The second kappa shape index (κ2) is 7.36. The fourth-order valence-corrected chi connectivity index (χ4v) is 2.06. The molecule has 4 heteroatoms. The number of ether oxygens (including phenoxy) is 2. The molecule has 1 aliphatic heterocycles. The Morgan fingerprint density at radius 2 is 2.05 bits per heavy atom. The van der Waals surface area contributed by atoms with E-state index in [1.165, 1.54) is 6.42 Å². The Labute approximate surface area is 122 Å². The SMILES string of the molecule is CCCCCC1C=C(OC)C=CN1C(=O)OC(C)(C)C. The molecule has 0 aromatic rings. The highest BCUT2D eigenvalue weighted by atomic mass is 16.6. The number of carbonyl (C=O) groups excluding carboxylic acids is 1. The van der Waals surface area contributed by atoms with Crippen LogP contribution in [0.4, 0.5) is 4.79 Å². The normalized spacial score (nSPS) is 18.8. The summed E-state index contributed by atoms with van der Waals surface area (Å²) in [5.41, 5.74) is -0.482. The van der Waals surface area contributed by atoms with Crippen LogP contribution in [0.15, 0.2) is 24.1 Å². The van der Waals surface area contributed by atoms with E-state index in [2.05, 4.69) is 6.92 Å². The van der Waals surface area contributed by atoms with Gasteiger partial charge in [-0.2, -0.15) is 0 Å². The van der Waals surface area contributed by atoms with Gasteiger partial charge < -0.3 is 9.47 Å². The summed E-state index contributed by atoms with van der Waals surface area (Å²) in [5, 5.41) is 0. The van der Waals surface area contributed by atoms with Crippen molar-refractivity contribution in [2.45, 2.75) is 65.0 Å². The van der Waals surface area contributed by atoms with E-state index in [9.17, 15) is 4.79 Å². The van der Waals surface area contributed by atoms with E-state index in [1.54, 1.807) is 24.3 Å². The summed E-state index contributed by atoms with van der Waals surface area (Å²) in [4.78, 5) is 13.9. The van der Waals surface area contributed by atoms with E-state index in [1.807, 2.05) is 26.8 Å². The van der Waals surface area contributed by atoms with Gasteiger partial charge in [-0.1, -0.05) is 26.2 Å². The predicted molar refractivity (Wildman–Crippen MR) is 80.2 cm³/mol. The number of unbranched alkanes of at least 4 members (excludes halogenated alkanes) is 2. The summed E-state index contributed by atoms with van der Waals surface area (Å²) in [5.74, 6) is 0.798. The lowest BCUT2D eigenvalue weighted by Gasteiger charge is -2.32. The predicted octanol–water partition coefficient (Wildman–Crippen LogP) is 4.23. The van der Waals surface area contributed by atoms with E-state index in [-0.39, 0.29) is 12.1 Å². The third-order valence-electron chi connectivity index (χ3n) is 3.06. The third-order valence-corrected chi connectivity index (χ3v) is 3.06. The lowest BCUT2D eigenvalue weighted by Crippen LogP contribution is -2.40. The van der Waals surface area contributed by atoms with Crippen LogP contribution in [0.1, 0.15) is 53.4 Å². The lowest BCUT2D eigenvalue weighted by molar-refractivity contribution is 0.0284. The number of nitrogens with zero attached hydrogens (tertiary/aromatic N) is 1. The lowest BCUT2D eigenvalue weighted by atomic mass is 10.0. The van der Waals surface area contributed by atoms with Gasteiger partial charge in [0.05, 0.1) is 13.2 Å². The molecule has 1 atom stereocenters. The molecule has 0 radical (unpaired) electrons. The molecule has 1 aliphatic rings. The summed E-state index contributed by atoms with van der Waals surface area (Å²) in [7, 11) is 1.64. The third kappa shape index (κ3) is 5.27. The van der Waals surface area contributed by atoms with Gasteiger partial charge in [0.15, 0.2) is 0 Å². The van der Waals surface area contributed by atoms with Crippen molar-refractivity contribution in [1.82, 2.24) is 4.90 Å². The van der Waals surface area contributed by atoms with Crippen molar-refractivity contribution in [3.8, 4) is 0 Å². The molecular weight excluding hydrogens is 254 g/mol. The Morgan fingerprint density at radius 1 is 1.35 bits per heavy atom. The maximum Gasteiger partial charge on any atom is 0.414 e. The van der Waals surface area contributed by atoms with Crippen molar-refractivity contribution >= 4 is 6.09 Å². The van der Waals surface area contributed by atoms with Crippen LogP contribution >= 0.6 is 0 Å². The van der Waals surface area contributed by atoms with Crippen LogP contribution in [-0.2, 0) is 9.47 Å². The van der Waals surface area contributed by atoms with Gasteiger partial charge >= 0.3 is 6.09 Å². The molecule has 114 valence electrons. The molecule has 1 heterocycles. The molecule has 0 N–H and O–H groups in total. The molecule has 1 rings (SSSR count). The van der Waals surface area contributed by atoms with Gasteiger partial charge in [-0.25, -0.2) is 4.79 Å². The molecule has 0 saturated heterocycles. The monoisotopic (exact) mass is 281 g/mol. The Morgan fingerprint density at radius 3 is 2.60 bits per heavy atom. The van der Waals surface area contributed by atoms with Crippen molar-refractivity contribution in [3.05, 3.63) is 24.1 Å². The zero-order chi connectivity index (χ0) is 15.2. The molecule has 0 aromatic heterocycles. The van der Waals surface area contributed by atoms with Crippen LogP contribution in [0.2, 0.25) is 0 Å². The number of methoxy groups -OCH3 is 1. The topological polar surface area (TPSA) is 38.8 Å². The zero-order valence-electron chi connectivity index (χ0n) is 13.3. The molecule has 0 fully saturated rings. The Hall–Kier alpha value is -1.45. The van der Waals surface area contributed by atoms with Crippen molar-refractivity contribution in [2.75, 3.05) is 7.11 Å². The van der Waals surface area contributed by atoms with Crippen LogP contribution < -0.4 is 0 Å². The quantitative estimate of drug-likeness (QED) is 0.708. The molecule has 0 bridgehead atoms. The molecule has 1 amide bonds. The van der Waals surface area contributed by atoms with E-state index in [0.717, 1.165) is 25.0 Å². The number of hydrogen-bond donors (Lipinski definition) is 0. The summed E-state index contributed by atoms with van der Waals surface area (Å²) in [6.45, 7) is 7.80. The van der Waals surface area contributed by atoms with Crippen molar-refractivity contribution in [1.29, 1.82) is 0 Å². The number of carbonyl (C=O) groups is 1. The highest BCUT2D eigenvalue weighted by molar-refractivity contribution is 5.70. The Kier molecular flexibility index (Phi) is 6.11. The summed E-state index contributed by atoms with van der Waals surface area (Å²) >= 11 is 0.